The summed E-state index contributed by atoms with van der Waals surface area (Å²) in [7, 11) is 0. The molecular formula is C44H60N2O8. The molecule has 1 aliphatic rings. The Morgan fingerprint density at radius 1 is 0.815 bits per heavy atom. The zero-order chi connectivity index (χ0) is 39.3. The molecule has 0 bridgehead atoms. The summed E-state index contributed by atoms with van der Waals surface area (Å²) in [4.78, 5) is 51.0. The van der Waals surface area contributed by atoms with Gasteiger partial charge in [0.1, 0.15) is 6.04 Å². The first-order valence-corrected chi connectivity index (χ1v) is 19.1. The van der Waals surface area contributed by atoms with Crippen LogP contribution < -0.4 is 10.6 Å². The Morgan fingerprint density at radius 2 is 1.37 bits per heavy atom. The van der Waals surface area contributed by atoms with Crippen molar-refractivity contribution in [3.05, 3.63) is 121 Å². The van der Waals surface area contributed by atoms with Crippen LogP contribution in [-0.2, 0) is 34.3 Å². The maximum atomic E-state index is 12.9. The smallest absolute Gasteiger partial charge is 0.328 e. The van der Waals surface area contributed by atoms with Crippen molar-refractivity contribution in [2.24, 2.45) is 5.92 Å². The van der Waals surface area contributed by atoms with Gasteiger partial charge < -0.3 is 30.3 Å². The van der Waals surface area contributed by atoms with Gasteiger partial charge in [0.15, 0.2) is 11.4 Å². The quantitative estimate of drug-likeness (QED) is 0.0438. The molecule has 2 unspecified atom stereocenters. The second kappa shape index (κ2) is 27.8. The summed E-state index contributed by atoms with van der Waals surface area (Å²) < 4.78 is 11.1. The fraction of sp³-hybridized carbons (Fsp3) is 0.455. The van der Waals surface area contributed by atoms with Crippen molar-refractivity contribution in [2.75, 3.05) is 26.4 Å². The van der Waals surface area contributed by atoms with Crippen LogP contribution in [0.25, 0.3) is 0 Å². The molecule has 0 saturated carbocycles. The van der Waals surface area contributed by atoms with E-state index in [2.05, 4.69) is 78.3 Å². The molecule has 2 amide bonds. The summed E-state index contributed by atoms with van der Waals surface area (Å²) in [5.41, 5.74) is -0.618. The van der Waals surface area contributed by atoms with Crippen LogP contribution in [0.15, 0.2) is 115 Å². The topological polar surface area (TPSA) is 151 Å². The number of benzene rings is 1. The molecule has 1 heterocycles. The van der Waals surface area contributed by atoms with Gasteiger partial charge in [-0.3, -0.25) is 14.4 Å². The lowest BCUT2D eigenvalue weighted by Crippen LogP contribution is -2.42. The monoisotopic (exact) mass is 744 g/mol. The lowest BCUT2D eigenvalue weighted by molar-refractivity contribution is -0.150. The first-order valence-electron chi connectivity index (χ1n) is 19.1. The van der Waals surface area contributed by atoms with Crippen LogP contribution in [0.1, 0.15) is 90.0 Å². The molecule has 294 valence electrons. The fourth-order valence-electron chi connectivity index (χ4n) is 5.22. The van der Waals surface area contributed by atoms with Crippen molar-refractivity contribution in [3.63, 3.8) is 0 Å². The highest BCUT2D eigenvalue weighted by atomic mass is 16.5. The van der Waals surface area contributed by atoms with Gasteiger partial charge in [0.25, 0.3) is 5.91 Å². The van der Waals surface area contributed by atoms with Gasteiger partial charge in [0.2, 0.25) is 11.7 Å². The number of carbonyl (C=O) groups excluding carboxylic acids is 4. The maximum Gasteiger partial charge on any atom is 0.328 e. The third kappa shape index (κ3) is 18.3. The van der Waals surface area contributed by atoms with Crippen molar-refractivity contribution in [1.29, 1.82) is 0 Å². The minimum atomic E-state index is -1.27. The Hall–Kier alpha value is -4.80. The Kier molecular flexibility index (Phi) is 23.3. The number of aliphatic hydroxyl groups is 2. The van der Waals surface area contributed by atoms with Gasteiger partial charge in [0, 0.05) is 30.5 Å². The summed E-state index contributed by atoms with van der Waals surface area (Å²) >= 11 is 0. The standard InChI is InChI=1S/C44H60N2O8/c1-3-4-5-6-7-8-9-10-11-12-13-14-15-16-17-18-19-20-24-30-41(50)46-38(43(52)53-35-36(33-47)34-48)29-25-26-31-45-42(51)39-32-40(49)44(2,54-39)37-27-22-21-23-28-37/h4-5,7-8,10-11,13-14,16-17,19-23,27-28,32,36,38,47-48H,3,6,9,12,15,18,24-26,29-31,33-35H2,1-2H3,(H,45,51)(H,46,50)/b5-4-,8-7-,11-10-,14-13-,17-16-,20-19-. The molecule has 0 aliphatic carbocycles. The second-order valence-electron chi connectivity index (χ2n) is 13.1. The minimum Gasteiger partial charge on any atom is -0.469 e. The number of ketones is 1. The van der Waals surface area contributed by atoms with Crippen LogP contribution >= 0.6 is 0 Å². The average molecular weight is 745 g/mol. The van der Waals surface area contributed by atoms with Crippen molar-refractivity contribution < 1.29 is 38.9 Å². The van der Waals surface area contributed by atoms with Crippen LogP contribution in [0.4, 0.5) is 0 Å². The van der Waals surface area contributed by atoms with Crippen LogP contribution in [0.2, 0.25) is 0 Å². The number of ether oxygens (including phenoxy) is 2. The van der Waals surface area contributed by atoms with Crippen LogP contribution in [-0.4, -0.2) is 66.2 Å². The highest BCUT2D eigenvalue weighted by Crippen LogP contribution is 2.34. The minimum absolute atomic E-state index is 0.0608. The Bertz CT molecular complexity index is 1490. The van der Waals surface area contributed by atoms with E-state index in [1.165, 1.54) is 6.08 Å². The number of unbranched alkanes of at least 4 members (excludes halogenated alkanes) is 1. The first kappa shape index (κ1) is 45.4. The molecule has 0 aromatic heterocycles. The number of allylic oxidation sites excluding steroid dienone is 12. The Labute approximate surface area is 321 Å². The summed E-state index contributed by atoms with van der Waals surface area (Å²) in [6.07, 6.45) is 34.1. The normalized spacial score (nSPS) is 16.8. The highest BCUT2D eigenvalue weighted by molar-refractivity contribution is 6.07. The summed E-state index contributed by atoms with van der Waals surface area (Å²) in [5.74, 6) is -2.47. The van der Waals surface area contributed by atoms with Gasteiger partial charge in [-0.25, -0.2) is 4.79 Å². The Balaban J connectivity index is 1.71. The van der Waals surface area contributed by atoms with E-state index < -0.39 is 29.4 Å². The molecule has 2 rings (SSSR count). The number of nitrogens with one attached hydrogen (secondary N) is 2. The van der Waals surface area contributed by atoms with E-state index in [0.29, 0.717) is 24.8 Å². The lowest BCUT2D eigenvalue weighted by atomic mass is 9.92. The number of esters is 1. The van der Waals surface area contributed by atoms with E-state index in [1.807, 2.05) is 18.2 Å². The molecule has 1 aliphatic heterocycles. The number of hydrogen-bond donors (Lipinski definition) is 4. The fourth-order valence-corrected chi connectivity index (χ4v) is 5.22. The molecule has 1 aromatic carbocycles. The van der Waals surface area contributed by atoms with Gasteiger partial charge >= 0.3 is 5.97 Å². The van der Waals surface area contributed by atoms with E-state index in [4.69, 9.17) is 9.47 Å². The molecule has 4 N–H and O–H groups in total. The van der Waals surface area contributed by atoms with Crippen molar-refractivity contribution >= 4 is 23.6 Å². The molecule has 0 radical (unpaired) electrons. The predicted molar refractivity (Wildman–Crippen MR) is 213 cm³/mol. The third-order valence-corrected chi connectivity index (χ3v) is 8.53. The molecule has 0 spiro atoms. The van der Waals surface area contributed by atoms with E-state index >= 15 is 0 Å². The van der Waals surface area contributed by atoms with Crippen LogP contribution in [0, 0.1) is 5.92 Å². The number of aliphatic hydroxyl groups excluding tert-OH is 2. The van der Waals surface area contributed by atoms with Crippen molar-refractivity contribution in [1.82, 2.24) is 10.6 Å². The summed E-state index contributed by atoms with van der Waals surface area (Å²) in [6, 6.07) is 8.04. The number of amides is 2. The number of hydrogen-bond acceptors (Lipinski definition) is 8. The second-order valence-corrected chi connectivity index (χ2v) is 13.1. The molecule has 54 heavy (non-hydrogen) atoms. The van der Waals surface area contributed by atoms with Gasteiger partial charge in [0.05, 0.1) is 19.8 Å². The molecule has 1 aromatic rings. The highest BCUT2D eigenvalue weighted by Gasteiger charge is 2.43. The molecule has 0 fully saturated rings. The number of rotatable bonds is 27. The van der Waals surface area contributed by atoms with Gasteiger partial charge in [-0.2, -0.15) is 0 Å². The zero-order valence-corrected chi connectivity index (χ0v) is 32.0. The predicted octanol–water partition coefficient (Wildman–Crippen LogP) is 6.78. The van der Waals surface area contributed by atoms with E-state index in [1.54, 1.807) is 31.2 Å². The summed E-state index contributed by atoms with van der Waals surface area (Å²) in [5, 5.41) is 24.2. The molecule has 0 saturated heterocycles. The molecular weight excluding hydrogens is 684 g/mol. The lowest BCUT2D eigenvalue weighted by Gasteiger charge is -2.24. The molecule has 10 heteroatoms. The number of carbonyl (C=O) groups is 4. The van der Waals surface area contributed by atoms with Gasteiger partial charge in [-0.15, -0.1) is 0 Å². The van der Waals surface area contributed by atoms with Crippen LogP contribution in [0.3, 0.4) is 0 Å². The largest absolute Gasteiger partial charge is 0.469 e. The van der Waals surface area contributed by atoms with Gasteiger partial charge in [-0.1, -0.05) is 110 Å². The first-order chi connectivity index (χ1) is 26.2. The third-order valence-electron chi connectivity index (χ3n) is 8.53. The zero-order valence-electron chi connectivity index (χ0n) is 32.0. The Morgan fingerprint density at radius 3 is 1.93 bits per heavy atom. The van der Waals surface area contributed by atoms with E-state index in [-0.39, 0.29) is 56.7 Å². The molecule has 2 atom stereocenters. The summed E-state index contributed by atoms with van der Waals surface area (Å²) in [6.45, 7) is 3.15. The van der Waals surface area contributed by atoms with Gasteiger partial charge in [-0.05, 0) is 71.1 Å². The average Bonchev–Trinajstić information content (AvgIpc) is 3.50. The van der Waals surface area contributed by atoms with Crippen molar-refractivity contribution in [2.45, 2.75) is 96.1 Å². The van der Waals surface area contributed by atoms with Crippen molar-refractivity contribution in [3.8, 4) is 0 Å². The maximum absolute atomic E-state index is 12.9. The SMILES string of the molecule is CC/C=C\C/C=C\C/C=C\C/C=C\C/C=C\C/C=C\CCC(=O)NC(CCCCNC(=O)C1=CC(=O)C(C)(c2ccccc2)O1)C(=O)OCC(CO)CO. The van der Waals surface area contributed by atoms with E-state index in [0.717, 1.165) is 38.5 Å². The van der Waals surface area contributed by atoms with E-state index in [9.17, 15) is 29.4 Å². The molecule has 10 nitrogen and oxygen atoms in total. The van der Waals surface area contributed by atoms with Crippen LogP contribution in [0.5, 0.6) is 0 Å².